The van der Waals surface area contributed by atoms with Crippen molar-refractivity contribution in [2.75, 3.05) is 6.61 Å². The van der Waals surface area contributed by atoms with Gasteiger partial charge in [0.05, 0.1) is 6.61 Å². The van der Waals surface area contributed by atoms with E-state index in [2.05, 4.69) is 32.0 Å². The van der Waals surface area contributed by atoms with Gasteiger partial charge in [-0.25, -0.2) is 0 Å². The lowest BCUT2D eigenvalue weighted by Gasteiger charge is -2.23. The molecule has 0 N–H and O–H groups in total. The van der Waals surface area contributed by atoms with Crippen molar-refractivity contribution in [3.63, 3.8) is 0 Å². The van der Waals surface area contributed by atoms with Gasteiger partial charge in [0.25, 0.3) is 0 Å². The maximum absolute atomic E-state index is 5.57. The van der Waals surface area contributed by atoms with E-state index in [0.29, 0.717) is 5.92 Å². The number of fused-ring (bicyclic) bond motifs is 1. The van der Waals surface area contributed by atoms with E-state index < -0.39 is 0 Å². The zero-order valence-corrected chi connectivity index (χ0v) is 7.63. The molecule has 0 saturated heterocycles. The monoisotopic (exact) mass is 162 g/mol. The summed E-state index contributed by atoms with van der Waals surface area (Å²) in [4.78, 5) is 0. The predicted octanol–water partition coefficient (Wildman–Crippen LogP) is 2.88. The van der Waals surface area contributed by atoms with Crippen LogP contribution >= 0.6 is 0 Å². The number of hydrogen-bond acceptors (Lipinski definition) is 1. The van der Waals surface area contributed by atoms with Gasteiger partial charge in [0, 0.05) is 0 Å². The maximum Gasteiger partial charge on any atom is 0.123 e. The van der Waals surface area contributed by atoms with Gasteiger partial charge in [0.1, 0.15) is 5.75 Å². The third kappa shape index (κ3) is 1.20. The van der Waals surface area contributed by atoms with E-state index in [1.807, 2.05) is 0 Å². The molecular formula is C11H14O. The molecule has 0 spiro atoms. The SMILES string of the molecule is Cc1ccc2c(c1)OCC[C@H]2C. The summed E-state index contributed by atoms with van der Waals surface area (Å²) >= 11 is 0. The van der Waals surface area contributed by atoms with Crippen LogP contribution < -0.4 is 4.74 Å². The Kier molecular flexibility index (Phi) is 1.80. The van der Waals surface area contributed by atoms with Gasteiger partial charge < -0.3 is 4.74 Å². The lowest BCUT2D eigenvalue weighted by Crippen LogP contribution is -2.11. The van der Waals surface area contributed by atoms with Gasteiger partial charge in [-0.15, -0.1) is 0 Å². The van der Waals surface area contributed by atoms with E-state index in [0.717, 1.165) is 18.8 Å². The smallest absolute Gasteiger partial charge is 0.123 e. The van der Waals surface area contributed by atoms with Crippen LogP contribution in [0.25, 0.3) is 0 Å². The summed E-state index contributed by atoms with van der Waals surface area (Å²) in [5, 5.41) is 0. The summed E-state index contributed by atoms with van der Waals surface area (Å²) in [6, 6.07) is 6.48. The predicted molar refractivity (Wildman–Crippen MR) is 49.7 cm³/mol. The van der Waals surface area contributed by atoms with Crippen molar-refractivity contribution in [2.24, 2.45) is 0 Å². The molecule has 0 bridgehead atoms. The Bertz CT molecular complexity index is 291. The largest absolute Gasteiger partial charge is 0.493 e. The molecule has 1 heteroatoms. The molecule has 1 heterocycles. The highest BCUT2D eigenvalue weighted by atomic mass is 16.5. The Morgan fingerprint density at radius 3 is 3.08 bits per heavy atom. The number of rotatable bonds is 0. The van der Waals surface area contributed by atoms with Crippen LogP contribution in [0.3, 0.4) is 0 Å². The lowest BCUT2D eigenvalue weighted by molar-refractivity contribution is 0.272. The first-order valence-electron chi connectivity index (χ1n) is 4.51. The zero-order chi connectivity index (χ0) is 8.55. The van der Waals surface area contributed by atoms with E-state index in [9.17, 15) is 0 Å². The van der Waals surface area contributed by atoms with E-state index in [1.165, 1.54) is 11.1 Å². The van der Waals surface area contributed by atoms with E-state index in [-0.39, 0.29) is 0 Å². The molecule has 1 atom stereocenters. The normalized spacial score (nSPS) is 21.3. The van der Waals surface area contributed by atoms with Crippen LogP contribution in [0.5, 0.6) is 5.75 Å². The molecule has 0 aromatic heterocycles. The summed E-state index contributed by atoms with van der Waals surface area (Å²) in [5.41, 5.74) is 2.65. The van der Waals surface area contributed by atoms with Gasteiger partial charge in [-0.1, -0.05) is 19.1 Å². The van der Waals surface area contributed by atoms with Gasteiger partial charge in [-0.2, -0.15) is 0 Å². The highest BCUT2D eigenvalue weighted by Crippen LogP contribution is 2.33. The molecule has 0 radical (unpaired) electrons. The minimum Gasteiger partial charge on any atom is -0.493 e. The van der Waals surface area contributed by atoms with Crippen molar-refractivity contribution in [3.8, 4) is 5.75 Å². The van der Waals surface area contributed by atoms with Crippen LogP contribution in [-0.4, -0.2) is 6.61 Å². The Balaban J connectivity index is 2.46. The van der Waals surface area contributed by atoms with Gasteiger partial charge >= 0.3 is 0 Å². The second-order valence-electron chi connectivity index (χ2n) is 3.58. The number of aryl methyl sites for hydroxylation is 1. The fourth-order valence-electron chi connectivity index (χ4n) is 1.67. The van der Waals surface area contributed by atoms with Crippen LogP contribution in [-0.2, 0) is 0 Å². The van der Waals surface area contributed by atoms with E-state index in [1.54, 1.807) is 0 Å². The van der Waals surface area contributed by atoms with E-state index >= 15 is 0 Å². The Morgan fingerprint density at radius 1 is 1.42 bits per heavy atom. The molecule has 1 aromatic carbocycles. The maximum atomic E-state index is 5.57. The molecule has 1 aliphatic rings. The fraction of sp³-hybridized carbons (Fsp3) is 0.455. The van der Waals surface area contributed by atoms with Crippen molar-refractivity contribution in [1.82, 2.24) is 0 Å². The quantitative estimate of drug-likeness (QED) is 0.570. The van der Waals surface area contributed by atoms with Crippen molar-refractivity contribution < 1.29 is 4.74 Å². The van der Waals surface area contributed by atoms with Crippen molar-refractivity contribution in [2.45, 2.75) is 26.2 Å². The molecule has 0 aliphatic carbocycles. The van der Waals surface area contributed by atoms with Crippen LogP contribution in [0.15, 0.2) is 18.2 Å². The van der Waals surface area contributed by atoms with Crippen LogP contribution in [0.2, 0.25) is 0 Å². The summed E-state index contributed by atoms with van der Waals surface area (Å²) in [6.07, 6.45) is 1.15. The first-order chi connectivity index (χ1) is 5.77. The van der Waals surface area contributed by atoms with E-state index in [4.69, 9.17) is 4.74 Å². The topological polar surface area (TPSA) is 9.23 Å². The second-order valence-corrected chi connectivity index (χ2v) is 3.58. The van der Waals surface area contributed by atoms with Crippen LogP contribution in [0.4, 0.5) is 0 Å². The summed E-state index contributed by atoms with van der Waals surface area (Å²) < 4.78 is 5.57. The first kappa shape index (κ1) is 7.66. The minimum absolute atomic E-state index is 0.661. The lowest BCUT2D eigenvalue weighted by atomic mass is 9.94. The van der Waals surface area contributed by atoms with Gasteiger partial charge in [-0.05, 0) is 36.5 Å². The highest BCUT2D eigenvalue weighted by molar-refractivity contribution is 5.40. The average Bonchev–Trinajstić information content (AvgIpc) is 2.04. The third-order valence-electron chi connectivity index (χ3n) is 2.51. The molecule has 1 aliphatic heterocycles. The minimum atomic E-state index is 0.661. The summed E-state index contributed by atoms with van der Waals surface area (Å²) in [6.45, 7) is 5.23. The molecule has 1 nitrogen and oxygen atoms in total. The Morgan fingerprint density at radius 2 is 2.25 bits per heavy atom. The van der Waals surface area contributed by atoms with Gasteiger partial charge in [0.2, 0.25) is 0 Å². The molecule has 2 rings (SSSR count). The number of ether oxygens (including phenoxy) is 1. The zero-order valence-electron chi connectivity index (χ0n) is 7.63. The highest BCUT2D eigenvalue weighted by Gasteiger charge is 2.16. The Labute approximate surface area is 73.4 Å². The number of hydrogen-bond donors (Lipinski definition) is 0. The Hall–Kier alpha value is -0.980. The fourth-order valence-corrected chi connectivity index (χ4v) is 1.67. The van der Waals surface area contributed by atoms with Crippen molar-refractivity contribution >= 4 is 0 Å². The molecule has 64 valence electrons. The summed E-state index contributed by atoms with van der Waals surface area (Å²) in [5.74, 6) is 1.75. The first-order valence-corrected chi connectivity index (χ1v) is 4.51. The standard InChI is InChI=1S/C11H14O/c1-8-3-4-10-9(2)5-6-12-11(10)7-8/h3-4,7,9H,5-6H2,1-2H3/t9-/m1/s1. The molecule has 0 fully saturated rings. The molecule has 1 aromatic rings. The summed E-state index contributed by atoms with van der Waals surface area (Å²) in [7, 11) is 0. The molecule has 0 amide bonds. The van der Waals surface area contributed by atoms with Gasteiger partial charge in [-0.3, -0.25) is 0 Å². The van der Waals surface area contributed by atoms with Gasteiger partial charge in [0.15, 0.2) is 0 Å². The second kappa shape index (κ2) is 2.81. The molecule has 0 saturated carbocycles. The molecule has 0 unspecified atom stereocenters. The third-order valence-corrected chi connectivity index (χ3v) is 2.51. The van der Waals surface area contributed by atoms with Crippen LogP contribution in [0, 0.1) is 6.92 Å². The average molecular weight is 162 g/mol. The molecular weight excluding hydrogens is 148 g/mol. The van der Waals surface area contributed by atoms with Crippen molar-refractivity contribution in [1.29, 1.82) is 0 Å². The number of benzene rings is 1. The van der Waals surface area contributed by atoms with Crippen molar-refractivity contribution in [3.05, 3.63) is 29.3 Å². The van der Waals surface area contributed by atoms with Crippen LogP contribution in [0.1, 0.15) is 30.4 Å². The molecule has 12 heavy (non-hydrogen) atoms.